The molecule has 2 aromatic carbocycles. The first-order chi connectivity index (χ1) is 13.9. The van der Waals surface area contributed by atoms with Gasteiger partial charge in [0.1, 0.15) is 5.92 Å². The summed E-state index contributed by atoms with van der Waals surface area (Å²) in [7, 11) is 1.68. The smallest absolute Gasteiger partial charge is 0.322 e. The van der Waals surface area contributed by atoms with Crippen LogP contribution in [0.1, 0.15) is 37.2 Å². The van der Waals surface area contributed by atoms with E-state index in [2.05, 4.69) is 0 Å². The van der Waals surface area contributed by atoms with Gasteiger partial charge in [-0.15, -0.1) is 0 Å². The lowest BCUT2D eigenvalue weighted by Gasteiger charge is -2.34. The minimum Gasteiger partial charge on any atom is -0.450 e. The highest BCUT2D eigenvalue weighted by molar-refractivity contribution is 6.32. The van der Waals surface area contributed by atoms with Crippen LogP contribution in [0.5, 0.6) is 0 Å². The maximum absolute atomic E-state index is 13.3. The molecule has 1 aliphatic carbocycles. The van der Waals surface area contributed by atoms with Gasteiger partial charge < -0.3 is 9.47 Å². The highest BCUT2D eigenvalue weighted by atomic mass is 35.5. The lowest BCUT2D eigenvalue weighted by atomic mass is 9.74. The minimum atomic E-state index is -1.02. The van der Waals surface area contributed by atoms with Crippen molar-refractivity contribution in [2.45, 2.75) is 37.2 Å². The Hall–Kier alpha value is -1.88. The van der Waals surface area contributed by atoms with Crippen molar-refractivity contribution < 1.29 is 19.1 Å². The van der Waals surface area contributed by atoms with Crippen LogP contribution in [0.2, 0.25) is 10.0 Å². The molecule has 4 nitrogen and oxygen atoms in total. The van der Waals surface area contributed by atoms with Gasteiger partial charge in [-0.1, -0.05) is 41.4 Å². The summed E-state index contributed by atoms with van der Waals surface area (Å²) < 4.78 is 10.9. The van der Waals surface area contributed by atoms with Gasteiger partial charge in [0.2, 0.25) is 0 Å². The number of ketones is 1. The third kappa shape index (κ3) is 3.81. The Kier molecular flexibility index (Phi) is 5.69. The average molecular weight is 433 g/mol. The Morgan fingerprint density at radius 1 is 1.03 bits per heavy atom. The number of halogens is 2. The van der Waals surface area contributed by atoms with E-state index in [1.165, 1.54) is 0 Å². The molecule has 0 radical (unpaired) electrons. The Morgan fingerprint density at radius 2 is 1.69 bits per heavy atom. The summed E-state index contributed by atoms with van der Waals surface area (Å²) in [5, 5.41) is 1.03. The van der Waals surface area contributed by atoms with Gasteiger partial charge in [0.25, 0.3) is 0 Å². The number of ether oxygens (including phenoxy) is 2. The summed E-state index contributed by atoms with van der Waals surface area (Å²) in [4.78, 5) is 26.1. The summed E-state index contributed by atoms with van der Waals surface area (Å²) in [6.45, 7) is 0.663. The van der Waals surface area contributed by atoms with Crippen molar-refractivity contribution in [3.05, 3.63) is 58.1 Å². The van der Waals surface area contributed by atoms with Crippen LogP contribution in [0.25, 0.3) is 11.1 Å². The van der Waals surface area contributed by atoms with Gasteiger partial charge in [0.05, 0.1) is 0 Å². The summed E-state index contributed by atoms with van der Waals surface area (Å²) in [5.41, 5.74) is 1.28. The predicted molar refractivity (Wildman–Crippen MR) is 112 cm³/mol. The van der Waals surface area contributed by atoms with Crippen LogP contribution in [0.15, 0.2) is 42.5 Å². The van der Waals surface area contributed by atoms with Crippen LogP contribution in [0, 0.1) is 5.92 Å². The number of carbonyl (C=O) groups is 2. The fraction of sp³-hybridized carbons (Fsp3) is 0.391. The molecule has 152 valence electrons. The molecule has 2 fully saturated rings. The zero-order chi connectivity index (χ0) is 20.6. The van der Waals surface area contributed by atoms with Crippen LogP contribution in [-0.2, 0) is 19.1 Å². The maximum Gasteiger partial charge on any atom is 0.322 e. The summed E-state index contributed by atoms with van der Waals surface area (Å²) in [6, 6.07) is 12.8. The topological polar surface area (TPSA) is 52.6 Å². The fourth-order valence-corrected chi connectivity index (χ4v) is 4.77. The molecule has 1 saturated heterocycles. The Labute approximate surface area is 180 Å². The molecule has 2 aliphatic rings. The third-order valence-electron chi connectivity index (χ3n) is 6.04. The molecule has 1 aliphatic heterocycles. The van der Waals surface area contributed by atoms with Gasteiger partial charge in [-0.25, -0.2) is 0 Å². The van der Waals surface area contributed by atoms with E-state index in [0.29, 0.717) is 41.0 Å². The van der Waals surface area contributed by atoms with E-state index in [1.54, 1.807) is 25.3 Å². The fourth-order valence-electron chi connectivity index (χ4n) is 4.42. The largest absolute Gasteiger partial charge is 0.450 e. The number of benzene rings is 2. The van der Waals surface area contributed by atoms with Crippen molar-refractivity contribution in [1.29, 1.82) is 0 Å². The number of methoxy groups -OCH3 is 1. The van der Waals surface area contributed by atoms with E-state index >= 15 is 0 Å². The molecule has 4 rings (SSSR count). The molecular formula is C23H22Cl2O4. The highest BCUT2D eigenvalue weighted by Gasteiger charge is 2.56. The van der Waals surface area contributed by atoms with Crippen LogP contribution in [0.4, 0.5) is 0 Å². The van der Waals surface area contributed by atoms with Crippen LogP contribution in [0.3, 0.4) is 0 Å². The molecular weight excluding hydrogens is 411 g/mol. The lowest BCUT2D eigenvalue weighted by molar-refractivity contribution is -0.156. The second-order valence-corrected chi connectivity index (χ2v) is 8.70. The molecule has 29 heavy (non-hydrogen) atoms. The van der Waals surface area contributed by atoms with Gasteiger partial charge in [-0.05, 0) is 72.6 Å². The van der Waals surface area contributed by atoms with E-state index in [0.717, 1.165) is 24.0 Å². The van der Waals surface area contributed by atoms with Crippen molar-refractivity contribution >= 4 is 35.0 Å². The maximum atomic E-state index is 13.3. The highest BCUT2D eigenvalue weighted by Crippen LogP contribution is 2.46. The first-order valence-corrected chi connectivity index (χ1v) is 10.5. The van der Waals surface area contributed by atoms with Crippen molar-refractivity contribution in [2.75, 3.05) is 13.7 Å². The van der Waals surface area contributed by atoms with Crippen molar-refractivity contribution in [3.63, 3.8) is 0 Å². The molecule has 6 heteroatoms. The van der Waals surface area contributed by atoms with Gasteiger partial charge in [0, 0.05) is 23.8 Å². The number of Topliss-reactive ketones (excluding diaryl/α,β-unsaturated/α-hetero) is 1. The molecule has 1 unspecified atom stereocenters. The van der Waals surface area contributed by atoms with Gasteiger partial charge in [0.15, 0.2) is 11.4 Å². The standard InChI is InChI=1S/C23H22Cl2O4/c1-28-13-14-8-10-23(11-9-14)21(26)20(22(27)29-23)18-12-16(4-7-19(18)25)15-2-5-17(24)6-3-15/h2-7,12,14,20H,8-11,13H2,1H3. The third-order valence-corrected chi connectivity index (χ3v) is 6.64. The number of rotatable bonds is 4. The normalized spacial score (nSPS) is 26.7. The van der Waals surface area contributed by atoms with Gasteiger partial charge in [-0.3, -0.25) is 9.59 Å². The zero-order valence-corrected chi connectivity index (χ0v) is 17.6. The minimum absolute atomic E-state index is 0.173. The second-order valence-electron chi connectivity index (χ2n) is 7.85. The summed E-state index contributed by atoms with van der Waals surface area (Å²) in [6.07, 6.45) is 2.68. The molecule has 2 aromatic rings. The molecule has 1 heterocycles. The SMILES string of the molecule is COCC1CCC2(CC1)OC(=O)C(c1cc(-c3ccc(Cl)cc3)ccc1Cl)C2=O. The summed E-state index contributed by atoms with van der Waals surface area (Å²) >= 11 is 12.4. The van der Waals surface area contributed by atoms with E-state index in [4.69, 9.17) is 32.7 Å². The van der Waals surface area contributed by atoms with Crippen LogP contribution >= 0.6 is 23.2 Å². The molecule has 0 amide bonds. The van der Waals surface area contributed by atoms with Crippen molar-refractivity contribution in [2.24, 2.45) is 5.92 Å². The van der Waals surface area contributed by atoms with E-state index in [9.17, 15) is 9.59 Å². The number of esters is 1. The van der Waals surface area contributed by atoms with Crippen molar-refractivity contribution in [3.8, 4) is 11.1 Å². The zero-order valence-electron chi connectivity index (χ0n) is 16.1. The van der Waals surface area contributed by atoms with Crippen LogP contribution < -0.4 is 0 Å². The van der Waals surface area contributed by atoms with E-state index in [1.807, 2.05) is 24.3 Å². The van der Waals surface area contributed by atoms with Gasteiger partial charge in [-0.2, -0.15) is 0 Å². The quantitative estimate of drug-likeness (QED) is 0.476. The predicted octanol–water partition coefficient (Wildman–Crippen LogP) is 5.45. The molecule has 1 saturated carbocycles. The number of hydrogen-bond acceptors (Lipinski definition) is 4. The molecule has 0 bridgehead atoms. The first kappa shape index (κ1) is 20.4. The Morgan fingerprint density at radius 3 is 2.34 bits per heavy atom. The Bertz CT molecular complexity index is 930. The monoisotopic (exact) mass is 432 g/mol. The first-order valence-electron chi connectivity index (χ1n) is 9.75. The Balaban J connectivity index is 1.63. The van der Waals surface area contributed by atoms with Crippen molar-refractivity contribution in [1.82, 2.24) is 0 Å². The molecule has 1 atom stereocenters. The van der Waals surface area contributed by atoms with Crippen LogP contribution in [-0.4, -0.2) is 31.1 Å². The molecule has 1 spiro atoms. The number of carbonyl (C=O) groups excluding carboxylic acids is 2. The average Bonchev–Trinajstić information content (AvgIpc) is 2.95. The van der Waals surface area contributed by atoms with Gasteiger partial charge >= 0.3 is 5.97 Å². The molecule has 0 aromatic heterocycles. The lowest BCUT2D eigenvalue weighted by Crippen LogP contribution is -2.41. The molecule has 0 N–H and O–H groups in total. The second kappa shape index (κ2) is 8.10. The van der Waals surface area contributed by atoms with E-state index < -0.39 is 17.5 Å². The summed E-state index contributed by atoms with van der Waals surface area (Å²) in [5.74, 6) is -1.26. The number of hydrogen-bond donors (Lipinski definition) is 0. The van der Waals surface area contributed by atoms with E-state index in [-0.39, 0.29) is 5.78 Å².